The molecule has 0 bridgehead atoms. The summed E-state index contributed by atoms with van der Waals surface area (Å²) in [7, 11) is 0. The van der Waals surface area contributed by atoms with Crippen LogP contribution >= 0.6 is 24.0 Å². The summed E-state index contributed by atoms with van der Waals surface area (Å²) in [5.74, 6) is 0.850. The van der Waals surface area contributed by atoms with Gasteiger partial charge in [-0.2, -0.15) is 0 Å². The van der Waals surface area contributed by atoms with Gasteiger partial charge in [0.05, 0.1) is 0 Å². The van der Waals surface area contributed by atoms with Gasteiger partial charge in [-0.3, -0.25) is 4.79 Å². The second kappa shape index (κ2) is 14.0. The van der Waals surface area contributed by atoms with E-state index in [-0.39, 0.29) is 36.4 Å². The highest BCUT2D eigenvalue weighted by atomic mass is 127. The maximum atomic E-state index is 11.9. The first-order valence-electron chi connectivity index (χ1n) is 8.15. The summed E-state index contributed by atoms with van der Waals surface area (Å²) in [6.07, 6.45) is 4.30. The van der Waals surface area contributed by atoms with E-state index in [2.05, 4.69) is 15.6 Å². The van der Waals surface area contributed by atoms with Crippen molar-refractivity contribution in [1.29, 1.82) is 0 Å². The topological polar surface area (TPSA) is 66.0 Å². The molecule has 130 valence electrons. The van der Waals surface area contributed by atoms with Gasteiger partial charge in [-0.1, -0.05) is 0 Å². The molecule has 0 saturated carbocycles. The lowest BCUT2D eigenvalue weighted by Crippen LogP contribution is -2.39. The molecule has 2 N–H and O–H groups in total. The minimum Gasteiger partial charge on any atom is -0.382 e. The normalized spacial score (nSPS) is 14.6. The highest BCUT2D eigenvalue weighted by Gasteiger charge is 2.17. The second-order valence-corrected chi connectivity index (χ2v) is 5.11. The van der Waals surface area contributed by atoms with Crippen molar-refractivity contribution in [3.8, 4) is 0 Å². The SMILES string of the molecule is CCNC(=NCC(=O)N1CCCC1)NCCCCOCC.I. The molecule has 0 spiro atoms. The van der Waals surface area contributed by atoms with Crippen molar-refractivity contribution in [2.45, 2.75) is 39.5 Å². The smallest absolute Gasteiger partial charge is 0.244 e. The van der Waals surface area contributed by atoms with E-state index in [1.807, 2.05) is 18.7 Å². The summed E-state index contributed by atoms with van der Waals surface area (Å²) in [6.45, 7) is 9.24. The van der Waals surface area contributed by atoms with E-state index in [0.717, 1.165) is 71.0 Å². The van der Waals surface area contributed by atoms with Crippen molar-refractivity contribution in [3.63, 3.8) is 0 Å². The summed E-state index contributed by atoms with van der Waals surface area (Å²) in [4.78, 5) is 18.2. The Bertz CT molecular complexity index is 321. The molecule has 1 saturated heterocycles. The molecule has 0 aliphatic carbocycles. The Morgan fingerprint density at radius 3 is 2.55 bits per heavy atom. The number of carbonyl (C=O) groups is 1. The quantitative estimate of drug-likeness (QED) is 0.255. The van der Waals surface area contributed by atoms with Gasteiger partial charge in [0.15, 0.2) is 5.96 Å². The van der Waals surface area contributed by atoms with Gasteiger partial charge in [0.1, 0.15) is 6.54 Å². The van der Waals surface area contributed by atoms with E-state index in [1.54, 1.807) is 0 Å². The van der Waals surface area contributed by atoms with Crippen molar-refractivity contribution < 1.29 is 9.53 Å². The van der Waals surface area contributed by atoms with Gasteiger partial charge in [-0.25, -0.2) is 4.99 Å². The molecule has 0 aromatic rings. The largest absolute Gasteiger partial charge is 0.382 e. The number of aliphatic imine (C=N–C) groups is 1. The molecule has 0 unspecified atom stereocenters. The van der Waals surface area contributed by atoms with Crippen molar-refractivity contribution in [2.24, 2.45) is 4.99 Å². The standard InChI is InChI=1S/C15H30N4O2.HI/c1-3-16-15(17-9-5-8-12-21-4-2)18-13-14(20)19-10-6-7-11-19;/h3-13H2,1-2H3,(H2,16,17,18);1H. The minimum absolute atomic E-state index is 0. The minimum atomic E-state index is 0. The Kier molecular flexibility index (Phi) is 13.7. The molecule has 7 heteroatoms. The molecule has 1 rings (SSSR count). The van der Waals surface area contributed by atoms with Crippen LogP contribution in [0.2, 0.25) is 0 Å². The number of likely N-dealkylation sites (tertiary alicyclic amines) is 1. The third kappa shape index (κ3) is 9.45. The molecule has 1 heterocycles. The summed E-state index contributed by atoms with van der Waals surface area (Å²) < 4.78 is 5.30. The first-order chi connectivity index (χ1) is 10.3. The second-order valence-electron chi connectivity index (χ2n) is 5.11. The molecular formula is C15H31IN4O2. The van der Waals surface area contributed by atoms with Gasteiger partial charge in [0, 0.05) is 39.4 Å². The van der Waals surface area contributed by atoms with E-state index in [9.17, 15) is 4.79 Å². The molecule has 6 nitrogen and oxygen atoms in total. The Labute approximate surface area is 151 Å². The van der Waals surface area contributed by atoms with Crippen LogP contribution in [0, 0.1) is 0 Å². The fraction of sp³-hybridized carbons (Fsp3) is 0.867. The van der Waals surface area contributed by atoms with Crippen molar-refractivity contribution in [2.75, 3.05) is 45.9 Å². The summed E-state index contributed by atoms with van der Waals surface area (Å²) >= 11 is 0. The number of nitrogens with zero attached hydrogens (tertiary/aromatic N) is 2. The summed E-state index contributed by atoms with van der Waals surface area (Å²) in [5, 5.41) is 6.42. The van der Waals surface area contributed by atoms with Crippen LogP contribution in [0.5, 0.6) is 0 Å². The zero-order chi connectivity index (χ0) is 15.3. The lowest BCUT2D eigenvalue weighted by Gasteiger charge is -2.15. The Balaban J connectivity index is 0.00000441. The van der Waals surface area contributed by atoms with Crippen LogP contribution in [0.25, 0.3) is 0 Å². The fourth-order valence-electron chi connectivity index (χ4n) is 2.24. The van der Waals surface area contributed by atoms with E-state index in [4.69, 9.17) is 4.74 Å². The van der Waals surface area contributed by atoms with Crippen LogP contribution in [0.4, 0.5) is 0 Å². The van der Waals surface area contributed by atoms with E-state index >= 15 is 0 Å². The predicted octanol–water partition coefficient (Wildman–Crippen LogP) is 1.60. The molecule has 22 heavy (non-hydrogen) atoms. The van der Waals surface area contributed by atoms with Crippen LogP contribution in [0.1, 0.15) is 39.5 Å². The molecule has 0 radical (unpaired) electrons. The predicted molar refractivity (Wildman–Crippen MR) is 101 cm³/mol. The average Bonchev–Trinajstić information content (AvgIpc) is 3.02. The van der Waals surface area contributed by atoms with Crippen LogP contribution < -0.4 is 10.6 Å². The van der Waals surface area contributed by atoms with Crippen molar-refractivity contribution in [3.05, 3.63) is 0 Å². The van der Waals surface area contributed by atoms with Crippen molar-refractivity contribution in [1.82, 2.24) is 15.5 Å². The molecule has 0 atom stereocenters. The van der Waals surface area contributed by atoms with Crippen LogP contribution in [-0.2, 0) is 9.53 Å². The molecule has 1 aliphatic rings. The molecule has 1 aliphatic heterocycles. The summed E-state index contributed by atoms with van der Waals surface area (Å²) in [6, 6.07) is 0. The lowest BCUT2D eigenvalue weighted by molar-refractivity contribution is -0.128. The van der Waals surface area contributed by atoms with Gasteiger partial charge >= 0.3 is 0 Å². The number of hydrogen-bond donors (Lipinski definition) is 2. The van der Waals surface area contributed by atoms with Crippen LogP contribution in [0.3, 0.4) is 0 Å². The third-order valence-electron chi connectivity index (χ3n) is 3.39. The van der Waals surface area contributed by atoms with Crippen molar-refractivity contribution >= 4 is 35.8 Å². The number of amides is 1. The highest BCUT2D eigenvalue weighted by molar-refractivity contribution is 14.0. The van der Waals surface area contributed by atoms with E-state index < -0.39 is 0 Å². The Hall–Kier alpha value is -0.570. The number of nitrogens with one attached hydrogen (secondary N) is 2. The number of halogens is 1. The Morgan fingerprint density at radius 2 is 1.91 bits per heavy atom. The van der Waals surface area contributed by atoms with Gasteiger partial charge in [-0.15, -0.1) is 24.0 Å². The average molecular weight is 426 g/mol. The van der Waals surface area contributed by atoms with E-state index in [0.29, 0.717) is 0 Å². The number of hydrogen-bond acceptors (Lipinski definition) is 3. The lowest BCUT2D eigenvalue weighted by atomic mass is 10.3. The number of ether oxygens (including phenoxy) is 1. The molecule has 0 aromatic carbocycles. The molecular weight excluding hydrogens is 395 g/mol. The van der Waals surface area contributed by atoms with E-state index in [1.165, 1.54) is 0 Å². The number of rotatable bonds is 9. The number of unbranched alkanes of at least 4 members (excludes halogenated alkanes) is 1. The van der Waals surface area contributed by atoms with Crippen LogP contribution in [0.15, 0.2) is 4.99 Å². The zero-order valence-electron chi connectivity index (χ0n) is 13.9. The monoisotopic (exact) mass is 426 g/mol. The highest BCUT2D eigenvalue weighted by Crippen LogP contribution is 2.07. The van der Waals surface area contributed by atoms with Gasteiger partial charge < -0.3 is 20.3 Å². The first kappa shape index (κ1) is 21.4. The zero-order valence-corrected chi connectivity index (χ0v) is 16.2. The summed E-state index contributed by atoms with van der Waals surface area (Å²) in [5.41, 5.74) is 0. The van der Waals surface area contributed by atoms with Gasteiger partial charge in [-0.05, 0) is 39.5 Å². The maximum Gasteiger partial charge on any atom is 0.244 e. The third-order valence-corrected chi connectivity index (χ3v) is 3.39. The van der Waals surface area contributed by atoms with Gasteiger partial charge in [0.2, 0.25) is 5.91 Å². The molecule has 1 fully saturated rings. The fourth-order valence-corrected chi connectivity index (χ4v) is 2.24. The Morgan fingerprint density at radius 1 is 1.18 bits per heavy atom. The molecule has 0 aromatic heterocycles. The van der Waals surface area contributed by atoms with Gasteiger partial charge in [0.25, 0.3) is 0 Å². The molecule has 1 amide bonds. The number of guanidine groups is 1. The number of carbonyl (C=O) groups excluding carboxylic acids is 1. The maximum absolute atomic E-state index is 11.9. The first-order valence-corrected chi connectivity index (χ1v) is 8.15. The van der Waals surface area contributed by atoms with Crippen LogP contribution in [-0.4, -0.2) is 62.7 Å².